The van der Waals surface area contributed by atoms with Crippen molar-refractivity contribution in [2.75, 3.05) is 0 Å². The van der Waals surface area contributed by atoms with Crippen LogP contribution in [0.1, 0.15) is 40.5 Å². The van der Waals surface area contributed by atoms with Crippen molar-refractivity contribution >= 4 is 33.9 Å². The van der Waals surface area contributed by atoms with Gasteiger partial charge in [-0.3, -0.25) is 0 Å². The first kappa shape index (κ1) is 14.5. The van der Waals surface area contributed by atoms with Crippen LogP contribution in [-0.4, -0.2) is 5.11 Å². The number of fused-ring (bicyclic) bond motifs is 1. The van der Waals surface area contributed by atoms with Crippen molar-refractivity contribution in [1.29, 1.82) is 0 Å². The molecule has 0 aliphatic heterocycles. The summed E-state index contributed by atoms with van der Waals surface area (Å²) in [6, 6.07) is 11.0. The van der Waals surface area contributed by atoms with Crippen molar-refractivity contribution in [3.8, 4) is 0 Å². The highest BCUT2D eigenvalue weighted by Gasteiger charge is 2.22. The zero-order valence-electron chi connectivity index (χ0n) is 11.2. The predicted octanol–water partition coefficient (Wildman–Crippen LogP) is 4.01. The van der Waals surface area contributed by atoms with Crippen LogP contribution in [0.2, 0.25) is 0 Å². The number of aliphatic hydroxyl groups excluding tert-OH is 1. The van der Waals surface area contributed by atoms with E-state index in [4.69, 9.17) is 0 Å². The van der Waals surface area contributed by atoms with Gasteiger partial charge in [-0.25, -0.2) is 0 Å². The molecule has 0 bridgehead atoms. The summed E-state index contributed by atoms with van der Waals surface area (Å²) in [6.45, 7) is 0.981. The molecule has 1 aliphatic rings. The average Bonchev–Trinajstić information content (AvgIpc) is 2.86. The Hall–Kier alpha value is -0.430. The molecule has 4 heteroatoms. The Labute approximate surface area is 137 Å². The first-order chi connectivity index (χ1) is 9.76. The maximum Gasteiger partial charge on any atom is 0.0681 e. The van der Waals surface area contributed by atoms with Crippen LogP contribution in [0.3, 0.4) is 0 Å². The van der Waals surface area contributed by atoms with Gasteiger partial charge >= 0.3 is 0 Å². The van der Waals surface area contributed by atoms with Crippen molar-refractivity contribution < 1.29 is 5.11 Å². The second-order valence-corrected chi connectivity index (χ2v) is 8.26. The lowest BCUT2D eigenvalue weighted by atomic mass is 9.94. The van der Waals surface area contributed by atoms with E-state index < -0.39 is 0 Å². The maximum atomic E-state index is 9.19. The largest absolute Gasteiger partial charge is 0.392 e. The zero-order valence-corrected chi connectivity index (χ0v) is 14.2. The van der Waals surface area contributed by atoms with Gasteiger partial charge in [0.1, 0.15) is 0 Å². The van der Waals surface area contributed by atoms with Crippen LogP contribution >= 0.6 is 33.9 Å². The van der Waals surface area contributed by atoms with E-state index in [1.165, 1.54) is 33.3 Å². The Morgan fingerprint density at radius 2 is 2.15 bits per heavy atom. The second-order valence-electron chi connectivity index (χ2n) is 5.23. The minimum Gasteiger partial charge on any atom is -0.392 e. The molecule has 1 aliphatic carbocycles. The van der Waals surface area contributed by atoms with Crippen LogP contribution in [0.25, 0.3) is 0 Å². The van der Waals surface area contributed by atoms with E-state index in [1.54, 1.807) is 4.88 Å². The van der Waals surface area contributed by atoms with Crippen molar-refractivity contribution in [1.82, 2.24) is 5.32 Å². The normalized spacial score (nSPS) is 18.0. The molecular weight excluding hydrogens is 381 g/mol. The maximum absolute atomic E-state index is 9.19. The van der Waals surface area contributed by atoms with Gasteiger partial charge in [0.25, 0.3) is 0 Å². The van der Waals surface area contributed by atoms with Gasteiger partial charge in [-0.1, -0.05) is 24.3 Å². The van der Waals surface area contributed by atoms with Crippen LogP contribution < -0.4 is 5.32 Å². The van der Waals surface area contributed by atoms with Crippen molar-refractivity contribution in [2.24, 2.45) is 0 Å². The number of aryl methyl sites for hydroxylation is 1. The quantitative estimate of drug-likeness (QED) is 0.762. The highest BCUT2D eigenvalue weighted by Crippen LogP contribution is 2.36. The summed E-state index contributed by atoms with van der Waals surface area (Å²) in [7, 11) is 0. The van der Waals surface area contributed by atoms with Crippen LogP contribution in [0, 0.1) is 2.88 Å². The van der Waals surface area contributed by atoms with Gasteiger partial charge in [-0.05, 0) is 64.6 Å². The molecule has 0 amide bonds. The van der Waals surface area contributed by atoms with Crippen LogP contribution in [0.5, 0.6) is 0 Å². The number of rotatable bonds is 4. The standard InChI is InChI=1S/C16H18INOS/c17-16-8-13-14(5-2-6-15(13)20-16)18-9-11-3-1-4-12(7-11)10-19/h1,3-4,7-8,14,18-19H,2,5-6,9-10H2. The van der Waals surface area contributed by atoms with E-state index in [2.05, 4.69) is 46.1 Å². The highest BCUT2D eigenvalue weighted by atomic mass is 127. The van der Waals surface area contributed by atoms with Crippen molar-refractivity contribution in [2.45, 2.75) is 38.5 Å². The van der Waals surface area contributed by atoms with Crippen LogP contribution in [0.4, 0.5) is 0 Å². The molecule has 1 heterocycles. The van der Waals surface area contributed by atoms with Gasteiger partial charge in [-0.15, -0.1) is 11.3 Å². The van der Waals surface area contributed by atoms with Gasteiger partial charge in [0, 0.05) is 17.5 Å². The Morgan fingerprint density at radius 3 is 3.00 bits per heavy atom. The second kappa shape index (κ2) is 6.56. The highest BCUT2D eigenvalue weighted by molar-refractivity contribution is 14.1. The lowest BCUT2D eigenvalue weighted by Crippen LogP contribution is -2.23. The molecule has 2 nitrogen and oxygen atoms in total. The van der Waals surface area contributed by atoms with E-state index in [9.17, 15) is 5.11 Å². The number of benzene rings is 1. The summed E-state index contributed by atoms with van der Waals surface area (Å²) in [5.74, 6) is 0. The molecule has 0 radical (unpaired) electrons. The number of nitrogens with one attached hydrogen (secondary N) is 1. The van der Waals surface area contributed by atoms with Crippen LogP contribution in [0.15, 0.2) is 30.3 Å². The summed E-state index contributed by atoms with van der Waals surface area (Å²) in [5.41, 5.74) is 3.73. The number of aliphatic hydroxyl groups is 1. The fourth-order valence-electron chi connectivity index (χ4n) is 2.81. The summed E-state index contributed by atoms with van der Waals surface area (Å²) >= 11 is 4.36. The lowest BCUT2D eigenvalue weighted by Gasteiger charge is -2.23. The molecule has 1 aromatic heterocycles. The molecule has 2 aromatic rings. The molecule has 0 saturated carbocycles. The molecule has 0 fully saturated rings. The number of hydrogen-bond donors (Lipinski definition) is 2. The van der Waals surface area contributed by atoms with Gasteiger partial charge in [0.05, 0.1) is 9.49 Å². The van der Waals surface area contributed by atoms with Crippen molar-refractivity contribution in [3.63, 3.8) is 0 Å². The Balaban J connectivity index is 1.69. The number of hydrogen-bond acceptors (Lipinski definition) is 3. The first-order valence-electron chi connectivity index (χ1n) is 6.96. The Morgan fingerprint density at radius 1 is 1.30 bits per heavy atom. The molecule has 20 heavy (non-hydrogen) atoms. The zero-order chi connectivity index (χ0) is 13.9. The van der Waals surface area contributed by atoms with E-state index in [0.717, 1.165) is 12.1 Å². The van der Waals surface area contributed by atoms with Gasteiger partial charge < -0.3 is 10.4 Å². The molecule has 3 rings (SSSR count). The minimum atomic E-state index is 0.115. The van der Waals surface area contributed by atoms with Crippen molar-refractivity contribution in [3.05, 3.63) is 54.8 Å². The van der Waals surface area contributed by atoms with E-state index in [0.29, 0.717) is 6.04 Å². The minimum absolute atomic E-state index is 0.115. The molecule has 0 saturated heterocycles. The first-order valence-corrected chi connectivity index (χ1v) is 8.86. The third kappa shape index (κ3) is 3.24. The van der Waals surface area contributed by atoms with E-state index >= 15 is 0 Å². The van der Waals surface area contributed by atoms with Gasteiger partial charge in [0.2, 0.25) is 0 Å². The fourth-order valence-corrected chi connectivity index (χ4v) is 4.93. The molecule has 0 spiro atoms. The molecule has 106 valence electrons. The van der Waals surface area contributed by atoms with Gasteiger partial charge in [0.15, 0.2) is 0 Å². The monoisotopic (exact) mass is 399 g/mol. The van der Waals surface area contributed by atoms with E-state index in [-0.39, 0.29) is 6.61 Å². The molecule has 1 unspecified atom stereocenters. The average molecular weight is 399 g/mol. The molecule has 1 aromatic carbocycles. The number of halogens is 1. The summed E-state index contributed by atoms with van der Waals surface area (Å²) in [5, 5.41) is 12.9. The smallest absolute Gasteiger partial charge is 0.0681 e. The third-order valence-electron chi connectivity index (χ3n) is 3.81. The van der Waals surface area contributed by atoms with Crippen LogP contribution in [-0.2, 0) is 19.6 Å². The third-order valence-corrected chi connectivity index (χ3v) is 5.78. The SMILES string of the molecule is OCc1cccc(CNC2CCCc3sc(I)cc32)c1. The molecular formula is C16H18INOS. The summed E-state index contributed by atoms with van der Waals surface area (Å²) in [4.78, 5) is 1.56. The summed E-state index contributed by atoms with van der Waals surface area (Å²) < 4.78 is 1.39. The molecule has 2 N–H and O–H groups in total. The predicted molar refractivity (Wildman–Crippen MR) is 91.9 cm³/mol. The topological polar surface area (TPSA) is 32.3 Å². The molecule has 1 atom stereocenters. The lowest BCUT2D eigenvalue weighted by molar-refractivity contribution is 0.281. The van der Waals surface area contributed by atoms with E-state index in [1.807, 2.05) is 23.5 Å². The van der Waals surface area contributed by atoms with Gasteiger partial charge in [-0.2, -0.15) is 0 Å². The fraction of sp³-hybridized carbons (Fsp3) is 0.375. The Bertz CT molecular complexity index is 596. The Kier molecular flexibility index (Phi) is 4.75. The summed E-state index contributed by atoms with van der Waals surface area (Å²) in [6.07, 6.45) is 3.73. The number of thiophene rings is 1.